The number of amides is 2. The number of aryl methyl sites for hydroxylation is 1. The first-order valence-electron chi connectivity index (χ1n) is 8.70. The SMILES string of the molecule is Cn1cc(N2CC[C@]3(CCCN(C(=O)c4ccnc(F)c4)C3)C2=O)cn1. The highest BCUT2D eigenvalue weighted by atomic mass is 19.1. The minimum atomic E-state index is -0.678. The molecule has 2 aliphatic heterocycles. The maximum Gasteiger partial charge on any atom is 0.254 e. The number of aromatic nitrogens is 3. The molecule has 2 aromatic rings. The van der Waals surface area contributed by atoms with E-state index in [1.165, 1.54) is 12.3 Å². The number of hydrogen-bond donors (Lipinski definition) is 0. The molecule has 1 atom stereocenters. The lowest BCUT2D eigenvalue weighted by atomic mass is 9.78. The molecule has 2 fully saturated rings. The minimum absolute atomic E-state index is 0.0453. The van der Waals surface area contributed by atoms with Crippen LogP contribution in [0.5, 0.6) is 0 Å². The molecule has 4 rings (SSSR count). The third kappa shape index (κ3) is 2.75. The lowest BCUT2D eigenvalue weighted by molar-refractivity contribution is -0.127. The zero-order chi connectivity index (χ0) is 18.3. The molecule has 0 radical (unpaired) electrons. The van der Waals surface area contributed by atoms with E-state index < -0.39 is 11.4 Å². The Morgan fingerprint density at radius 3 is 2.88 bits per heavy atom. The van der Waals surface area contributed by atoms with E-state index in [9.17, 15) is 14.0 Å². The summed E-state index contributed by atoms with van der Waals surface area (Å²) in [5.41, 5.74) is 0.494. The van der Waals surface area contributed by atoms with Gasteiger partial charge in [0.05, 0.1) is 17.3 Å². The molecule has 0 unspecified atom stereocenters. The predicted molar refractivity (Wildman–Crippen MR) is 91.9 cm³/mol. The third-order valence-corrected chi connectivity index (χ3v) is 5.35. The second kappa shape index (κ2) is 6.19. The van der Waals surface area contributed by atoms with Crippen LogP contribution in [0.25, 0.3) is 0 Å². The summed E-state index contributed by atoms with van der Waals surface area (Å²) < 4.78 is 15.0. The fourth-order valence-electron chi connectivity index (χ4n) is 4.02. The number of halogens is 1. The van der Waals surface area contributed by atoms with Crippen LogP contribution in [-0.2, 0) is 11.8 Å². The van der Waals surface area contributed by atoms with Crippen LogP contribution >= 0.6 is 0 Å². The Bertz CT molecular complexity index is 867. The molecule has 7 nitrogen and oxygen atoms in total. The Balaban J connectivity index is 1.55. The van der Waals surface area contributed by atoms with Crippen LogP contribution in [0.15, 0.2) is 30.7 Å². The number of pyridine rings is 1. The number of likely N-dealkylation sites (tertiary alicyclic amines) is 1. The van der Waals surface area contributed by atoms with E-state index in [4.69, 9.17) is 0 Å². The van der Waals surface area contributed by atoms with Gasteiger partial charge >= 0.3 is 0 Å². The summed E-state index contributed by atoms with van der Waals surface area (Å²) in [5, 5.41) is 4.14. The Labute approximate surface area is 150 Å². The van der Waals surface area contributed by atoms with Gasteiger partial charge in [-0.2, -0.15) is 9.49 Å². The van der Waals surface area contributed by atoms with Crippen LogP contribution in [0, 0.1) is 11.4 Å². The van der Waals surface area contributed by atoms with Crippen molar-refractivity contribution in [1.82, 2.24) is 19.7 Å². The number of anilines is 1. The molecule has 2 saturated heterocycles. The number of piperidine rings is 1. The van der Waals surface area contributed by atoms with Gasteiger partial charge in [0.15, 0.2) is 0 Å². The predicted octanol–water partition coefficient (Wildman–Crippen LogP) is 1.61. The van der Waals surface area contributed by atoms with Crippen LogP contribution in [0.4, 0.5) is 10.1 Å². The first kappa shape index (κ1) is 16.7. The molecular weight excluding hydrogens is 337 g/mol. The topological polar surface area (TPSA) is 71.3 Å². The fourth-order valence-corrected chi connectivity index (χ4v) is 4.02. The molecule has 0 aromatic carbocycles. The van der Waals surface area contributed by atoms with E-state index >= 15 is 0 Å². The lowest BCUT2D eigenvalue weighted by Gasteiger charge is -2.39. The molecule has 1 spiro atoms. The highest BCUT2D eigenvalue weighted by Gasteiger charge is 2.50. The molecule has 136 valence electrons. The Morgan fingerprint density at radius 1 is 1.31 bits per heavy atom. The van der Waals surface area contributed by atoms with Gasteiger partial charge in [-0.15, -0.1) is 0 Å². The zero-order valence-corrected chi connectivity index (χ0v) is 14.6. The van der Waals surface area contributed by atoms with E-state index in [1.807, 2.05) is 13.2 Å². The molecule has 2 aromatic heterocycles. The van der Waals surface area contributed by atoms with Crippen LogP contribution in [0.2, 0.25) is 0 Å². The summed E-state index contributed by atoms with van der Waals surface area (Å²) in [5.74, 6) is -0.885. The van der Waals surface area contributed by atoms with Crippen molar-refractivity contribution in [3.05, 3.63) is 42.2 Å². The number of carbonyl (C=O) groups is 2. The van der Waals surface area contributed by atoms with Gasteiger partial charge in [-0.25, -0.2) is 4.98 Å². The van der Waals surface area contributed by atoms with Crippen molar-refractivity contribution >= 4 is 17.5 Å². The van der Waals surface area contributed by atoms with Crippen molar-refractivity contribution in [3.8, 4) is 0 Å². The molecule has 0 bridgehead atoms. The van der Waals surface area contributed by atoms with E-state index in [-0.39, 0.29) is 17.4 Å². The molecule has 2 aliphatic rings. The van der Waals surface area contributed by atoms with Crippen LogP contribution in [0.1, 0.15) is 29.6 Å². The molecule has 0 saturated carbocycles. The molecule has 4 heterocycles. The summed E-state index contributed by atoms with van der Waals surface area (Å²) in [4.78, 5) is 32.8. The van der Waals surface area contributed by atoms with Crippen molar-refractivity contribution in [3.63, 3.8) is 0 Å². The molecular formula is C18H20FN5O2. The summed E-state index contributed by atoms with van der Waals surface area (Å²) >= 11 is 0. The summed E-state index contributed by atoms with van der Waals surface area (Å²) in [7, 11) is 1.81. The number of carbonyl (C=O) groups excluding carboxylic acids is 2. The molecule has 8 heteroatoms. The average Bonchev–Trinajstić information content (AvgIpc) is 3.19. The summed E-state index contributed by atoms with van der Waals surface area (Å²) in [6.45, 7) is 1.56. The number of rotatable bonds is 2. The van der Waals surface area contributed by atoms with Crippen molar-refractivity contribution in [2.75, 3.05) is 24.5 Å². The average molecular weight is 357 g/mol. The van der Waals surface area contributed by atoms with Crippen LogP contribution in [0.3, 0.4) is 0 Å². The normalized spacial score (nSPS) is 23.1. The lowest BCUT2D eigenvalue weighted by Crippen LogP contribution is -2.50. The largest absolute Gasteiger partial charge is 0.338 e. The minimum Gasteiger partial charge on any atom is -0.338 e. The summed E-state index contributed by atoms with van der Waals surface area (Å²) in [6.07, 6.45) is 7.01. The highest BCUT2D eigenvalue weighted by Crippen LogP contribution is 2.42. The van der Waals surface area contributed by atoms with Crippen LogP contribution < -0.4 is 4.90 Å². The third-order valence-electron chi connectivity index (χ3n) is 5.35. The van der Waals surface area contributed by atoms with Crippen molar-refractivity contribution in [2.24, 2.45) is 12.5 Å². The second-order valence-electron chi connectivity index (χ2n) is 7.06. The Morgan fingerprint density at radius 2 is 2.15 bits per heavy atom. The smallest absolute Gasteiger partial charge is 0.254 e. The van der Waals surface area contributed by atoms with E-state index in [2.05, 4.69) is 10.1 Å². The molecule has 26 heavy (non-hydrogen) atoms. The maximum absolute atomic E-state index is 13.3. The Hall–Kier alpha value is -2.77. The van der Waals surface area contributed by atoms with Gasteiger partial charge in [0.2, 0.25) is 11.9 Å². The molecule has 2 amide bonds. The second-order valence-corrected chi connectivity index (χ2v) is 7.06. The first-order chi connectivity index (χ1) is 12.5. The van der Waals surface area contributed by atoms with Crippen molar-refractivity contribution < 1.29 is 14.0 Å². The zero-order valence-electron chi connectivity index (χ0n) is 14.6. The number of hydrogen-bond acceptors (Lipinski definition) is 4. The molecule has 0 N–H and O–H groups in total. The van der Waals surface area contributed by atoms with Crippen molar-refractivity contribution in [2.45, 2.75) is 19.3 Å². The van der Waals surface area contributed by atoms with Gasteiger partial charge in [-0.05, 0) is 25.3 Å². The fraction of sp³-hybridized carbons (Fsp3) is 0.444. The van der Waals surface area contributed by atoms with Gasteiger partial charge < -0.3 is 9.80 Å². The van der Waals surface area contributed by atoms with E-state index in [1.54, 1.807) is 20.7 Å². The monoisotopic (exact) mass is 357 g/mol. The van der Waals surface area contributed by atoms with Gasteiger partial charge in [0.1, 0.15) is 0 Å². The van der Waals surface area contributed by atoms with Crippen LogP contribution in [-0.4, -0.2) is 51.1 Å². The quantitative estimate of drug-likeness (QED) is 0.766. The van der Waals surface area contributed by atoms with Gasteiger partial charge in [-0.3, -0.25) is 14.3 Å². The van der Waals surface area contributed by atoms with E-state index in [0.717, 1.165) is 24.6 Å². The summed E-state index contributed by atoms with van der Waals surface area (Å²) in [6, 6.07) is 2.65. The van der Waals surface area contributed by atoms with Gasteiger partial charge in [0, 0.05) is 50.7 Å². The first-order valence-corrected chi connectivity index (χ1v) is 8.70. The van der Waals surface area contributed by atoms with Gasteiger partial charge in [-0.1, -0.05) is 0 Å². The highest BCUT2D eigenvalue weighted by molar-refractivity contribution is 6.01. The van der Waals surface area contributed by atoms with Crippen molar-refractivity contribution in [1.29, 1.82) is 0 Å². The number of nitrogens with zero attached hydrogens (tertiary/aromatic N) is 5. The van der Waals surface area contributed by atoms with Gasteiger partial charge in [0.25, 0.3) is 5.91 Å². The standard InChI is InChI=1S/C18H20FN5O2/c1-22-11-14(10-21-22)24-8-5-18(17(24)26)4-2-7-23(12-18)16(25)13-3-6-20-15(19)9-13/h3,6,9-11H,2,4-5,7-8,12H2,1H3/t18-/m0/s1. The Kier molecular flexibility index (Phi) is 3.97. The molecule has 0 aliphatic carbocycles. The van der Waals surface area contributed by atoms with E-state index in [0.29, 0.717) is 26.1 Å². The maximum atomic E-state index is 13.3.